The zero-order valence-electron chi connectivity index (χ0n) is 15.9. The van der Waals surface area contributed by atoms with E-state index in [1.165, 1.54) is 35.2 Å². The van der Waals surface area contributed by atoms with Crippen molar-refractivity contribution in [3.63, 3.8) is 0 Å². The third kappa shape index (κ3) is 3.97. The highest BCUT2D eigenvalue weighted by Gasteiger charge is 2.32. The maximum Gasteiger partial charge on any atom is 0.433 e. The molecule has 0 saturated carbocycles. The normalized spacial score (nSPS) is 11.1. The number of halogens is 3. The number of carbonyl (C=O) groups is 1. The SMILES string of the molecule is CC.O=C(O)c1cnn2ccc(-c3cccnc3-c3cccc(C(F)(F)F)n3)nc12. The third-order valence-corrected chi connectivity index (χ3v) is 3.97. The molecule has 4 aromatic heterocycles. The van der Waals surface area contributed by atoms with Gasteiger partial charge in [0.15, 0.2) is 5.65 Å². The van der Waals surface area contributed by atoms with Crippen molar-refractivity contribution in [1.29, 1.82) is 0 Å². The van der Waals surface area contributed by atoms with Crippen LogP contribution < -0.4 is 0 Å². The highest BCUT2D eigenvalue weighted by atomic mass is 19.4. The van der Waals surface area contributed by atoms with Crippen LogP contribution in [0.5, 0.6) is 0 Å². The Labute approximate surface area is 168 Å². The predicted octanol–water partition coefficient (Wildman–Crippen LogP) is 4.60. The van der Waals surface area contributed by atoms with Crippen LogP contribution in [0.15, 0.2) is 55.0 Å². The van der Waals surface area contributed by atoms with E-state index in [1.54, 1.807) is 18.2 Å². The highest BCUT2D eigenvalue weighted by molar-refractivity contribution is 5.94. The molecule has 0 spiro atoms. The van der Waals surface area contributed by atoms with E-state index in [0.29, 0.717) is 11.3 Å². The van der Waals surface area contributed by atoms with Gasteiger partial charge in [-0.2, -0.15) is 18.3 Å². The number of alkyl halides is 3. The summed E-state index contributed by atoms with van der Waals surface area (Å²) >= 11 is 0. The van der Waals surface area contributed by atoms with Gasteiger partial charge in [0.05, 0.1) is 23.3 Å². The van der Waals surface area contributed by atoms with Crippen molar-refractivity contribution in [2.75, 3.05) is 0 Å². The van der Waals surface area contributed by atoms with E-state index in [9.17, 15) is 23.1 Å². The largest absolute Gasteiger partial charge is 0.477 e. The first-order chi connectivity index (χ1) is 14.3. The summed E-state index contributed by atoms with van der Waals surface area (Å²) in [6, 6.07) is 8.34. The molecule has 4 heterocycles. The minimum absolute atomic E-state index is 0.0269. The molecule has 0 aliphatic carbocycles. The van der Waals surface area contributed by atoms with E-state index < -0.39 is 17.8 Å². The van der Waals surface area contributed by atoms with Gasteiger partial charge in [0.2, 0.25) is 0 Å². The number of aromatic carboxylic acids is 1. The first-order valence-electron chi connectivity index (χ1n) is 8.92. The van der Waals surface area contributed by atoms with Crippen molar-refractivity contribution in [2.24, 2.45) is 0 Å². The van der Waals surface area contributed by atoms with Crippen LogP contribution in [0, 0.1) is 0 Å². The summed E-state index contributed by atoms with van der Waals surface area (Å²) in [7, 11) is 0. The lowest BCUT2D eigenvalue weighted by Gasteiger charge is -2.10. The van der Waals surface area contributed by atoms with Crippen LogP contribution in [-0.4, -0.2) is 35.6 Å². The fourth-order valence-electron chi connectivity index (χ4n) is 2.71. The van der Waals surface area contributed by atoms with Gasteiger partial charge >= 0.3 is 12.1 Å². The number of rotatable bonds is 3. The van der Waals surface area contributed by atoms with E-state index >= 15 is 0 Å². The van der Waals surface area contributed by atoms with Gasteiger partial charge in [-0.25, -0.2) is 19.3 Å². The predicted molar refractivity (Wildman–Crippen MR) is 103 cm³/mol. The molecule has 0 fully saturated rings. The monoisotopic (exact) mass is 415 g/mol. The zero-order chi connectivity index (χ0) is 21.9. The topological polar surface area (TPSA) is 93.3 Å². The molecule has 0 aliphatic heterocycles. The Balaban J connectivity index is 0.00000124. The molecular weight excluding hydrogens is 399 g/mol. The van der Waals surface area contributed by atoms with Crippen LogP contribution in [0.1, 0.15) is 29.9 Å². The number of hydrogen-bond donors (Lipinski definition) is 1. The molecule has 0 aromatic carbocycles. The number of pyridine rings is 2. The highest BCUT2D eigenvalue weighted by Crippen LogP contribution is 2.32. The summed E-state index contributed by atoms with van der Waals surface area (Å²) in [5.74, 6) is -1.19. The molecule has 30 heavy (non-hydrogen) atoms. The second kappa shape index (κ2) is 8.27. The Morgan fingerprint density at radius 3 is 2.50 bits per heavy atom. The molecular formula is C20H16F3N5O2. The van der Waals surface area contributed by atoms with E-state index in [2.05, 4.69) is 20.1 Å². The van der Waals surface area contributed by atoms with Crippen LogP contribution in [-0.2, 0) is 6.18 Å². The van der Waals surface area contributed by atoms with Gasteiger partial charge in [0, 0.05) is 18.0 Å². The summed E-state index contributed by atoms with van der Waals surface area (Å²) in [6.45, 7) is 4.00. The number of carboxylic acid groups (broad SMARTS) is 1. The van der Waals surface area contributed by atoms with Crippen molar-refractivity contribution in [3.05, 3.63) is 66.2 Å². The van der Waals surface area contributed by atoms with E-state index in [4.69, 9.17) is 0 Å². The molecule has 4 aromatic rings. The lowest BCUT2D eigenvalue weighted by atomic mass is 10.1. The molecule has 4 rings (SSSR count). The average Bonchev–Trinajstić information content (AvgIpc) is 3.18. The quantitative estimate of drug-likeness (QED) is 0.526. The number of nitrogens with zero attached hydrogens (tertiary/aromatic N) is 5. The zero-order valence-corrected chi connectivity index (χ0v) is 15.9. The minimum Gasteiger partial charge on any atom is -0.477 e. The van der Waals surface area contributed by atoms with Gasteiger partial charge in [0.1, 0.15) is 11.3 Å². The van der Waals surface area contributed by atoms with Crippen LogP contribution in [0.25, 0.3) is 28.3 Å². The molecule has 7 nitrogen and oxygen atoms in total. The Morgan fingerprint density at radius 2 is 1.80 bits per heavy atom. The standard InChI is InChI=1S/C18H10F3N5O2.C2H6/c19-18(20,21)14-5-1-4-13(24-14)15-10(3-2-7-22-15)12-6-8-26-16(25-12)11(9-23-26)17(27)28;1-2/h1-9H,(H,27,28);1-2H3. The maximum atomic E-state index is 13.0. The fourth-order valence-corrected chi connectivity index (χ4v) is 2.71. The molecule has 1 N–H and O–H groups in total. The van der Waals surface area contributed by atoms with E-state index in [0.717, 1.165) is 6.07 Å². The number of aromatic nitrogens is 5. The molecule has 10 heteroatoms. The number of hydrogen-bond acceptors (Lipinski definition) is 5. The lowest BCUT2D eigenvalue weighted by Crippen LogP contribution is -2.08. The smallest absolute Gasteiger partial charge is 0.433 e. The molecule has 0 aliphatic rings. The Bertz CT molecular complexity index is 1200. The fraction of sp³-hybridized carbons (Fsp3) is 0.150. The Kier molecular flexibility index (Phi) is 5.77. The summed E-state index contributed by atoms with van der Waals surface area (Å²) < 4.78 is 40.3. The Morgan fingerprint density at radius 1 is 1.03 bits per heavy atom. The molecule has 0 radical (unpaired) electrons. The van der Waals surface area contributed by atoms with E-state index in [1.807, 2.05) is 13.8 Å². The second-order valence-electron chi connectivity index (χ2n) is 5.75. The van der Waals surface area contributed by atoms with Crippen LogP contribution in [0.2, 0.25) is 0 Å². The lowest BCUT2D eigenvalue weighted by molar-refractivity contribution is -0.141. The maximum absolute atomic E-state index is 13.0. The van der Waals surface area contributed by atoms with Gasteiger partial charge in [-0.1, -0.05) is 19.9 Å². The van der Waals surface area contributed by atoms with Gasteiger partial charge < -0.3 is 5.11 Å². The van der Waals surface area contributed by atoms with Gasteiger partial charge in [0.25, 0.3) is 0 Å². The summed E-state index contributed by atoms with van der Waals surface area (Å²) in [6.07, 6.45) is -0.468. The first-order valence-corrected chi connectivity index (χ1v) is 8.92. The van der Waals surface area contributed by atoms with Crippen LogP contribution in [0.4, 0.5) is 13.2 Å². The molecule has 0 bridgehead atoms. The molecule has 0 unspecified atom stereocenters. The molecule has 0 atom stereocenters. The van der Waals surface area contributed by atoms with Gasteiger partial charge in [-0.3, -0.25) is 4.98 Å². The van der Waals surface area contributed by atoms with Crippen LogP contribution >= 0.6 is 0 Å². The second-order valence-corrected chi connectivity index (χ2v) is 5.75. The molecule has 0 saturated heterocycles. The van der Waals surface area contributed by atoms with Crippen molar-refractivity contribution in [3.8, 4) is 22.6 Å². The molecule has 0 amide bonds. The minimum atomic E-state index is -4.59. The first kappa shape index (κ1) is 20.9. The van der Waals surface area contributed by atoms with Gasteiger partial charge in [-0.15, -0.1) is 0 Å². The van der Waals surface area contributed by atoms with Gasteiger partial charge in [-0.05, 0) is 30.3 Å². The Hall–Kier alpha value is -3.82. The number of fused-ring (bicyclic) bond motifs is 1. The van der Waals surface area contributed by atoms with Crippen molar-refractivity contribution in [2.45, 2.75) is 20.0 Å². The van der Waals surface area contributed by atoms with E-state index in [-0.39, 0.29) is 22.6 Å². The van der Waals surface area contributed by atoms with Crippen molar-refractivity contribution in [1.82, 2.24) is 24.6 Å². The summed E-state index contributed by atoms with van der Waals surface area (Å²) in [5.41, 5.74) is -0.0525. The van der Waals surface area contributed by atoms with Crippen molar-refractivity contribution >= 4 is 11.6 Å². The number of carboxylic acids is 1. The third-order valence-electron chi connectivity index (χ3n) is 3.97. The summed E-state index contributed by atoms with van der Waals surface area (Å²) in [4.78, 5) is 23.5. The average molecular weight is 415 g/mol. The molecule has 154 valence electrons. The van der Waals surface area contributed by atoms with Crippen molar-refractivity contribution < 1.29 is 23.1 Å². The summed E-state index contributed by atoms with van der Waals surface area (Å²) in [5, 5.41) is 13.2. The van der Waals surface area contributed by atoms with Crippen LogP contribution in [0.3, 0.4) is 0 Å².